The molecule has 0 aliphatic heterocycles. The first kappa shape index (κ1) is 19.6. The summed E-state index contributed by atoms with van der Waals surface area (Å²) in [6.07, 6.45) is -4.34. The van der Waals surface area contributed by atoms with E-state index in [0.29, 0.717) is 16.8 Å². The lowest BCUT2D eigenvalue weighted by atomic mass is 10.1. The minimum Gasteiger partial charge on any atom is -0.360 e. The van der Waals surface area contributed by atoms with Gasteiger partial charge in [0.15, 0.2) is 5.52 Å². The zero-order valence-corrected chi connectivity index (χ0v) is 15.3. The number of carbonyl (C=O) groups is 1. The minimum absolute atomic E-state index is 0.0265. The van der Waals surface area contributed by atoms with Crippen LogP contribution in [0.25, 0.3) is 10.9 Å². The molecule has 0 aliphatic carbocycles. The van der Waals surface area contributed by atoms with Crippen LogP contribution in [0.1, 0.15) is 36.4 Å². The van der Waals surface area contributed by atoms with Crippen molar-refractivity contribution < 1.29 is 22.5 Å². The molecule has 1 aromatic carbocycles. The van der Waals surface area contributed by atoms with Gasteiger partial charge in [0.05, 0.1) is 16.6 Å². The first-order valence-electron chi connectivity index (χ1n) is 8.47. The van der Waals surface area contributed by atoms with Gasteiger partial charge in [0, 0.05) is 5.69 Å². The van der Waals surface area contributed by atoms with Gasteiger partial charge in [-0.15, -0.1) is 0 Å². The van der Waals surface area contributed by atoms with Crippen LogP contribution in [0.2, 0.25) is 0 Å². The van der Waals surface area contributed by atoms with E-state index in [1.165, 1.54) is 12.1 Å². The van der Waals surface area contributed by atoms with Crippen molar-refractivity contribution in [2.24, 2.45) is 0 Å². The Morgan fingerprint density at radius 1 is 1.32 bits per heavy atom. The second-order valence-electron chi connectivity index (χ2n) is 6.29. The summed E-state index contributed by atoms with van der Waals surface area (Å²) in [5.41, 5.74) is -1.01. The molecule has 0 radical (unpaired) electrons. The van der Waals surface area contributed by atoms with E-state index in [0.717, 1.165) is 16.8 Å². The number of aromatic nitrogens is 3. The molecule has 0 aliphatic rings. The summed E-state index contributed by atoms with van der Waals surface area (Å²) in [6.45, 7) is 4.96. The molecule has 0 saturated carbocycles. The van der Waals surface area contributed by atoms with Gasteiger partial charge in [0.25, 0.3) is 5.56 Å². The number of carbonyl (C=O) groups excluding carboxylic acids is 1. The molecule has 0 bridgehead atoms. The number of alkyl halides is 3. The molecule has 28 heavy (non-hydrogen) atoms. The molecule has 1 N–H and O–H groups in total. The summed E-state index contributed by atoms with van der Waals surface area (Å²) in [7, 11) is 0. The number of hydrogen-bond acceptors (Lipinski definition) is 5. The highest BCUT2D eigenvalue weighted by atomic mass is 19.4. The summed E-state index contributed by atoms with van der Waals surface area (Å²) in [6, 6.07) is 3.24. The van der Waals surface area contributed by atoms with E-state index in [1.54, 1.807) is 20.8 Å². The molecule has 0 spiro atoms. The van der Waals surface area contributed by atoms with Gasteiger partial charge in [0.1, 0.15) is 11.8 Å². The largest absolute Gasteiger partial charge is 0.416 e. The number of hydrogen-bond donors (Lipinski definition) is 1. The first-order valence-corrected chi connectivity index (χ1v) is 8.47. The van der Waals surface area contributed by atoms with Crippen molar-refractivity contribution in [1.29, 1.82) is 0 Å². The van der Waals surface area contributed by atoms with Crippen molar-refractivity contribution >= 4 is 22.5 Å². The fourth-order valence-electron chi connectivity index (χ4n) is 2.99. The summed E-state index contributed by atoms with van der Waals surface area (Å²) < 4.78 is 44.6. The topological polar surface area (TPSA) is 90.0 Å². The van der Waals surface area contributed by atoms with E-state index in [2.05, 4.69) is 15.6 Å². The minimum atomic E-state index is -4.53. The zero-order valence-electron chi connectivity index (χ0n) is 15.3. The Morgan fingerprint density at radius 3 is 2.68 bits per heavy atom. The first-order chi connectivity index (χ1) is 13.1. The zero-order chi connectivity index (χ0) is 20.6. The SMILES string of the molecule is CCC(C(=O)Nc1cccc(C(F)(F)F)c1)n1nc(C)c2c(C)onc2c1=O. The van der Waals surface area contributed by atoms with E-state index >= 15 is 0 Å². The van der Waals surface area contributed by atoms with Crippen molar-refractivity contribution in [2.75, 3.05) is 5.32 Å². The number of anilines is 1. The van der Waals surface area contributed by atoms with E-state index in [1.807, 2.05) is 0 Å². The summed E-state index contributed by atoms with van der Waals surface area (Å²) in [4.78, 5) is 25.4. The number of fused-ring (bicyclic) bond motifs is 1. The lowest BCUT2D eigenvalue weighted by molar-refractivity contribution is -0.137. The fourth-order valence-corrected chi connectivity index (χ4v) is 2.99. The number of nitrogens with one attached hydrogen (secondary N) is 1. The highest BCUT2D eigenvalue weighted by Crippen LogP contribution is 2.31. The van der Waals surface area contributed by atoms with Gasteiger partial charge in [0.2, 0.25) is 5.91 Å². The fraction of sp³-hybridized carbons (Fsp3) is 0.333. The van der Waals surface area contributed by atoms with Gasteiger partial charge in [-0.05, 0) is 38.5 Å². The number of amides is 1. The summed E-state index contributed by atoms with van der Waals surface area (Å²) in [5.74, 6) is -0.221. The van der Waals surface area contributed by atoms with Crippen molar-refractivity contribution in [3.8, 4) is 0 Å². The smallest absolute Gasteiger partial charge is 0.360 e. The Morgan fingerprint density at radius 2 is 2.04 bits per heavy atom. The number of rotatable bonds is 4. The van der Waals surface area contributed by atoms with Gasteiger partial charge >= 0.3 is 6.18 Å². The molecule has 2 aromatic heterocycles. The van der Waals surface area contributed by atoms with E-state index in [9.17, 15) is 22.8 Å². The second kappa shape index (κ2) is 7.10. The van der Waals surface area contributed by atoms with Crippen LogP contribution in [0.4, 0.5) is 18.9 Å². The highest BCUT2D eigenvalue weighted by Gasteiger charge is 2.31. The van der Waals surface area contributed by atoms with E-state index < -0.39 is 29.2 Å². The predicted octanol–water partition coefficient (Wildman–Crippen LogP) is 3.61. The Labute approximate surface area is 157 Å². The maximum absolute atomic E-state index is 12.9. The molecule has 148 valence electrons. The third kappa shape index (κ3) is 3.49. The molecule has 10 heteroatoms. The normalized spacial score (nSPS) is 12.9. The number of aryl methyl sites for hydroxylation is 2. The maximum atomic E-state index is 12.9. The maximum Gasteiger partial charge on any atom is 0.416 e. The van der Waals surface area contributed by atoms with Gasteiger partial charge in [-0.3, -0.25) is 9.59 Å². The Balaban J connectivity index is 1.96. The second-order valence-corrected chi connectivity index (χ2v) is 6.29. The molecular formula is C18H17F3N4O3. The molecule has 3 rings (SSSR count). The number of halogens is 3. The van der Waals surface area contributed by atoms with Crippen LogP contribution in [0.3, 0.4) is 0 Å². The monoisotopic (exact) mass is 394 g/mol. The van der Waals surface area contributed by atoms with Crippen molar-refractivity contribution in [3.05, 3.63) is 51.6 Å². The quantitative estimate of drug-likeness (QED) is 0.730. The van der Waals surface area contributed by atoms with Crippen LogP contribution in [-0.2, 0) is 11.0 Å². The predicted molar refractivity (Wildman–Crippen MR) is 94.9 cm³/mol. The third-order valence-electron chi connectivity index (χ3n) is 4.33. The van der Waals surface area contributed by atoms with Crippen LogP contribution < -0.4 is 10.9 Å². The molecule has 1 amide bonds. The van der Waals surface area contributed by atoms with Crippen LogP contribution in [-0.4, -0.2) is 20.8 Å². The molecule has 3 aromatic rings. The number of nitrogens with zero attached hydrogens (tertiary/aromatic N) is 3. The van der Waals surface area contributed by atoms with Gasteiger partial charge < -0.3 is 9.84 Å². The Hall–Kier alpha value is -3.17. The summed E-state index contributed by atoms with van der Waals surface area (Å²) >= 11 is 0. The lowest BCUT2D eigenvalue weighted by Gasteiger charge is -2.18. The number of benzene rings is 1. The van der Waals surface area contributed by atoms with E-state index in [4.69, 9.17) is 4.52 Å². The van der Waals surface area contributed by atoms with Gasteiger partial charge in [-0.25, -0.2) is 4.68 Å². The Kier molecular flexibility index (Phi) is 4.97. The van der Waals surface area contributed by atoms with Crippen LogP contribution in [0, 0.1) is 13.8 Å². The molecule has 0 fully saturated rings. The van der Waals surface area contributed by atoms with Crippen LogP contribution in [0.15, 0.2) is 33.6 Å². The Bertz CT molecular complexity index is 1100. The van der Waals surface area contributed by atoms with Crippen molar-refractivity contribution in [1.82, 2.24) is 14.9 Å². The molecular weight excluding hydrogens is 377 g/mol. The summed E-state index contributed by atoms with van der Waals surface area (Å²) in [5, 5.41) is 10.8. The highest BCUT2D eigenvalue weighted by molar-refractivity contribution is 5.94. The lowest BCUT2D eigenvalue weighted by Crippen LogP contribution is -2.35. The standard InChI is InChI=1S/C18H17F3N4O3/c1-4-13(16(26)22-12-7-5-6-11(8-12)18(19,20)21)25-17(27)15-14(9(2)23-25)10(3)28-24-15/h5-8,13H,4H2,1-3H3,(H,22,26). The third-order valence-corrected chi connectivity index (χ3v) is 4.33. The molecule has 1 unspecified atom stereocenters. The van der Waals surface area contributed by atoms with Crippen LogP contribution in [0.5, 0.6) is 0 Å². The molecule has 0 saturated heterocycles. The van der Waals surface area contributed by atoms with Crippen molar-refractivity contribution in [2.45, 2.75) is 39.4 Å². The van der Waals surface area contributed by atoms with Gasteiger partial charge in [-0.2, -0.15) is 18.3 Å². The molecule has 2 heterocycles. The van der Waals surface area contributed by atoms with Crippen molar-refractivity contribution in [3.63, 3.8) is 0 Å². The molecule has 1 atom stereocenters. The average Bonchev–Trinajstić information content (AvgIpc) is 3.02. The molecule has 7 nitrogen and oxygen atoms in total. The van der Waals surface area contributed by atoms with E-state index in [-0.39, 0.29) is 17.6 Å². The van der Waals surface area contributed by atoms with Crippen LogP contribution >= 0.6 is 0 Å². The average molecular weight is 394 g/mol. The van der Waals surface area contributed by atoms with Gasteiger partial charge in [-0.1, -0.05) is 18.1 Å².